The molecule has 1 saturated heterocycles. The van der Waals surface area contributed by atoms with Crippen LogP contribution in [0, 0.1) is 5.92 Å². The van der Waals surface area contributed by atoms with Crippen molar-refractivity contribution in [3.05, 3.63) is 29.8 Å². The minimum Gasteiger partial charge on any atom is -0.425 e. The van der Waals surface area contributed by atoms with Crippen LogP contribution in [-0.2, 0) is 14.4 Å². The summed E-state index contributed by atoms with van der Waals surface area (Å²) < 4.78 is 5.23. The van der Waals surface area contributed by atoms with Crippen LogP contribution < -0.4 is 10.1 Å². The molecule has 1 fully saturated rings. The molecule has 1 aliphatic rings. The average molecular weight is 346 g/mol. The average Bonchev–Trinajstić information content (AvgIpc) is 2.60. The summed E-state index contributed by atoms with van der Waals surface area (Å²) in [5.74, 6) is 0.110. The van der Waals surface area contributed by atoms with Crippen molar-refractivity contribution in [1.29, 1.82) is 0 Å². The molecule has 1 aromatic rings. The van der Waals surface area contributed by atoms with Crippen molar-refractivity contribution >= 4 is 17.8 Å². The molecule has 0 bridgehead atoms. The summed E-state index contributed by atoms with van der Waals surface area (Å²) in [6, 6.07) is 7.36. The Morgan fingerprint density at radius 2 is 1.76 bits per heavy atom. The van der Waals surface area contributed by atoms with Crippen LogP contribution in [0.5, 0.6) is 5.75 Å². The molecule has 6 heteroatoms. The number of nitrogens with one attached hydrogen (secondary N) is 1. The van der Waals surface area contributed by atoms with E-state index in [1.807, 2.05) is 12.1 Å². The SMILES string of the molecule is CC(=O)N1CCC(C(=O)NCC(=O)Oc2ccc(C(C)C)cc2)CC1. The van der Waals surface area contributed by atoms with Gasteiger partial charge in [-0.25, -0.2) is 4.79 Å². The molecule has 25 heavy (non-hydrogen) atoms. The zero-order chi connectivity index (χ0) is 18.4. The summed E-state index contributed by atoms with van der Waals surface area (Å²) in [5, 5.41) is 2.63. The Labute approximate surface area is 148 Å². The highest BCUT2D eigenvalue weighted by Gasteiger charge is 2.26. The summed E-state index contributed by atoms with van der Waals surface area (Å²) >= 11 is 0. The molecular formula is C19H26N2O4. The number of piperidine rings is 1. The molecule has 0 saturated carbocycles. The first kappa shape index (κ1) is 19.0. The standard InChI is InChI=1S/C19H26N2O4/c1-13(2)15-4-6-17(7-5-15)25-18(23)12-20-19(24)16-8-10-21(11-9-16)14(3)22/h4-7,13,16H,8-12H2,1-3H3,(H,20,24). The number of benzene rings is 1. The molecule has 136 valence electrons. The molecular weight excluding hydrogens is 320 g/mol. The van der Waals surface area contributed by atoms with E-state index in [-0.39, 0.29) is 24.3 Å². The van der Waals surface area contributed by atoms with E-state index in [0.29, 0.717) is 37.6 Å². The highest BCUT2D eigenvalue weighted by Crippen LogP contribution is 2.19. The fourth-order valence-corrected chi connectivity index (χ4v) is 2.85. The Morgan fingerprint density at radius 1 is 1.16 bits per heavy atom. The van der Waals surface area contributed by atoms with Gasteiger partial charge in [0.05, 0.1) is 0 Å². The highest BCUT2D eigenvalue weighted by molar-refractivity contribution is 5.84. The van der Waals surface area contributed by atoms with Gasteiger partial charge in [-0.2, -0.15) is 0 Å². The van der Waals surface area contributed by atoms with E-state index in [1.165, 1.54) is 12.5 Å². The van der Waals surface area contributed by atoms with E-state index in [2.05, 4.69) is 19.2 Å². The van der Waals surface area contributed by atoms with Gasteiger partial charge in [0.2, 0.25) is 11.8 Å². The molecule has 0 aromatic heterocycles. The minimum absolute atomic E-state index is 0.0333. The van der Waals surface area contributed by atoms with Gasteiger partial charge < -0.3 is 15.0 Å². The Kier molecular flexibility index (Phi) is 6.56. The second-order valence-corrected chi connectivity index (χ2v) is 6.70. The summed E-state index contributed by atoms with van der Waals surface area (Å²) in [4.78, 5) is 37.0. The van der Waals surface area contributed by atoms with Crippen LogP contribution in [0.2, 0.25) is 0 Å². The lowest BCUT2D eigenvalue weighted by Gasteiger charge is -2.30. The predicted octanol–water partition coefficient (Wildman–Crippen LogP) is 2.09. The van der Waals surface area contributed by atoms with E-state index in [9.17, 15) is 14.4 Å². The minimum atomic E-state index is -0.494. The quantitative estimate of drug-likeness (QED) is 0.654. The summed E-state index contributed by atoms with van der Waals surface area (Å²) in [6.07, 6.45) is 1.24. The molecule has 0 radical (unpaired) electrons. The summed E-state index contributed by atoms with van der Waals surface area (Å²) in [5.41, 5.74) is 1.17. The number of ether oxygens (including phenoxy) is 1. The Balaban J connectivity index is 1.74. The first-order valence-corrected chi connectivity index (χ1v) is 8.70. The van der Waals surface area contributed by atoms with Crippen LogP contribution in [0.15, 0.2) is 24.3 Å². The van der Waals surface area contributed by atoms with Gasteiger partial charge in [-0.05, 0) is 36.5 Å². The maximum Gasteiger partial charge on any atom is 0.330 e. The second-order valence-electron chi connectivity index (χ2n) is 6.70. The number of amides is 2. The molecule has 1 N–H and O–H groups in total. The maximum atomic E-state index is 12.1. The van der Waals surface area contributed by atoms with E-state index in [4.69, 9.17) is 4.74 Å². The fourth-order valence-electron chi connectivity index (χ4n) is 2.85. The van der Waals surface area contributed by atoms with Crippen LogP contribution in [0.25, 0.3) is 0 Å². The Bertz CT molecular complexity index is 617. The molecule has 2 rings (SSSR count). The van der Waals surface area contributed by atoms with Gasteiger partial charge in [-0.1, -0.05) is 26.0 Å². The Hall–Kier alpha value is -2.37. The van der Waals surface area contributed by atoms with Crippen molar-refractivity contribution in [3.8, 4) is 5.75 Å². The fraction of sp³-hybridized carbons (Fsp3) is 0.526. The first-order valence-electron chi connectivity index (χ1n) is 8.70. The topological polar surface area (TPSA) is 75.7 Å². The molecule has 0 spiro atoms. The van der Waals surface area contributed by atoms with Crippen molar-refractivity contribution in [2.45, 2.75) is 39.5 Å². The largest absolute Gasteiger partial charge is 0.425 e. The third-order valence-electron chi connectivity index (χ3n) is 4.50. The molecule has 0 unspecified atom stereocenters. The van der Waals surface area contributed by atoms with Crippen molar-refractivity contribution in [2.75, 3.05) is 19.6 Å². The zero-order valence-electron chi connectivity index (χ0n) is 15.1. The number of hydrogen-bond donors (Lipinski definition) is 1. The van der Waals surface area contributed by atoms with Gasteiger partial charge in [0.25, 0.3) is 0 Å². The molecule has 1 aromatic carbocycles. The van der Waals surface area contributed by atoms with Crippen LogP contribution in [0.1, 0.15) is 45.1 Å². The summed E-state index contributed by atoms with van der Waals surface area (Å²) in [7, 11) is 0. The third kappa shape index (κ3) is 5.59. The lowest BCUT2D eigenvalue weighted by molar-refractivity contribution is -0.137. The molecule has 0 atom stereocenters. The van der Waals surface area contributed by atoms with Crippen LogP contribution in [0.3, 0.4) is 0 Å². The normalized spacial score (nSPS) is 15.1. The lowest BCUT2D eigenvalue weighted by atomic mass is 9.96. The van der Waals surface area contributed by atoms with Crippen molar-refractivity contribution in [2.24, 2.45) is 5.92 Å². The van der Waals surface area contributed by atoms with Gasteiger partial charge in [-0.3, -0.25) is 9.59 Å². The van der Waals surface area contributed by atoms with Crippen molar-refractivity contribution in [3.63, 3.8) is 0 Å². The number of esters is 1. The van der Waals surface area contributed by atoms with Crippen LogP contribution in [-0.4, -0.2) is 42.3 Å². The lowest BCUT2D eigenvalue weighted by Crippen LogP contribution is -2.43. The third-order valence-corrected chi connectivity index (χ3v) is 4.50. The van der Waals surface area contributed by atoms with E-state index < -0.39 is 5.97 Å². The predicted molar refractivity (Wildman–Crippen MR) is 94.2 cm³/mol. The second kappa shape index (κ2) is 8.65. The van der Waals surface area contributed by atoms with Gasteiger partial charge in [0, 0.05) is 25.9 Å². The molecule has 0 aliphatic carbocycles. The zero-order valence-corrected chi connectivity index (χ0v) is 15.1. The van der Waals surface area contributed by atoms with E-state index in [1.54, 1.807) is 17.0 Å². The van der Waals surface area contributed by atoms with Gasteiger partial charge in [-0.15, -0.1) is 0 Å². The number of hydrogen-bond acceptors (Lipinski definition) is 4. The van der Waals surface area contributed by atoms with Crippen molar-refractivity contribution < 1.29 is 19.1 Å². The van der Waals surface area contributed by atoms with Crippen LogP contribution >= 0.6 is 0 Å². The number of carbonyl (C=O) groups is 3. The molecule has 1 aliphatic heterocycles. The molecule has 2 amide bonds. The van der Waals surface area contributed by atoms with E-state index >= 15 is 0 Å². The van der Waals surface area contributed by atoms with Crippen LogP contribution in [0.4, 0.5) is 0 Å². The number of nitrogens with zero attached hydrogens (tertiary/aromatic N) is 1. The molecule has 1 heterocycles. The monoisotopic (exact) mass is 346 g/mol. The molecule has 6 nitrogen and oxygen atoms in total. The highest BCUT2D eigenvalue weighted by atomic mass is 16.5. The number of likely N-dealkylation sites (tertiary alicyclic amines) is 1. The Morgan fingerprint density at radius 3 is 2.28 bits per heavy atom. The number of rotatable bonds is 5. The smallest absolute Gasteiger partial charge is 0.330 e. The van der Waals surface area contributed by atoms with Gasteiger partial charge >= 0.3 is 5.97 Å². The van der Waals surface area contributed by atoms with Gasteiger partial charge in [0.1, 0.15) is 12.3 Å². The van der Waals surface area contributed by atoms with Gasteiger partial charge in [0.15, 0.2) is 0 Å². The first-order chi connectivity index (χ1) is 11.9. The van der Waals surface area contributed by atoms with E-state index in [0.717, 1.165) is 0 Å². The maximum absolute atomic E-state index is 12.1. The number of carbonyl (C=O) groups excluding carboxylic acids is 3. The summed E-state index contributed by atoms with van der Waals surface area (Å²) in [6.45, 7) is 6.73. The van der Waals surface area contributed by atoms with Crippen molar-refractivity contribution in [1.82, 2.24) is 10.2 Å².